The van der Waals surface area contributed by atoms with Crippen LogP contribution in [-0.4, -0.2) is 44.2 Å². The van der Waals surface area contributed by atoms with Crippen molar-refractivity contribution in [1.29, 1.82) is 0 Å². The maximum absolute atomic E-state index is 13.1. The normalized spacial score (nSPS) is 17.5. The summed E-state index contributed by atoms with van der Waals surface area (Å²) in [5, 5.41) is 0. The zero-order valence-electron chi connectivity index (χ0n) is 16.2. The Balaban J connectivity index is 1.76. The van der Waals surface area contributed by atoms with Gasteiger partial charge in [0.05, 0.1) is 19.8 Å². The fraction of sp³-hybridized carbons (Fsp3) is 0.409. The summed E-state index contributed by atoms with van der Waals surface area (Å²) in [5.74, 6) is 1.95. The maximum Gasteiger partial charge on any atom is 0.168 e. The number of Topliss-reactive ketones (excluding diaryl/α,β-unsaturated/α-hetero) is 1. The van der Waals surface area contributed by atoms with Crippen molar-refractivity contribution in [1.82, 2.24) is 4.90 Å². The van der Waals surface area contributed by atoms with Crippen LogP contribution in [0.25, 0.3) is 0 Å². The summed E-state index contributed by atoms with van der Waals surface area (Å²) in [6.45, 7) is 2.47. The number of ketones is 1. The summed E-state index contributed by atoms with van der Waals surface area (Å²) in [6, 6.07) is 13.8. The number of nitrogens with zero attached hydrogens (tertiary/aromatic N) is 1. The number of methoxy groups -OCH3 is 2. The van der Waals surface area contributed by atoms with E-state index in [1.165, 1.54) is 0 Å². The lowest BCUT2D eigenvalue weighted by molar-refractivity contribution is 0.0807. The molecule has 0 aromatic heterocycles. The number of piperidine rings is 1. The first-order valence-corrected chi connectivity index (χ1v) is 10.5. The molecule has 0 aliphatic carbocycles. The van der Waals surface area contributed by atoms with Crippen LogP contribution in [0.2, 0.25) is 0 Å². The summed E-state index contributed by atoms with van der Waals surface area (Å²) in [4.78, 5) is 16.5. The lowest BCUT2D eigenvalue weighted by Crippen LogP contribution is -2.38. The van der Waals surface area contributed by atoms with Crippen LogP contribution in [0, 0.1) is 5.92 Å². The zero-order valence-corrected chi connectivity index (χ0v) is 17.1. The molecule has 4 nitrogen and oxygen atoms in total. The number of ether oxygens (including phenoxy) is 2. The number of carbonyl (C=O) groups excluding carboxylic acids is 1. The molecule has 5 heteroatoms. The lowest BCUT2D eigenvalue weighted by atomic mass is 9.89. The average Bonchev–Trinajstić information content (AvgIpc) is 2.73. The predicted molar refractivity (Wildman–Crippen MR) is 110 cm³/mol. The van der Waals surface area contributed by atoms with Crippen LogP contribution in [0.4, 0.5) is 0 Å². The van der Waals surface area contributed by atoms with Crippen LogP contribution >= 0.6 is 11.8 Å². The minimum Gasteiger partial charge on any atom is -0.496 e. The highest BCUT2D eigenvalue weighted by atomic mass is 32.2. The van der Waals surface area contributed by atoms with Crippen LogP contribution < -0.4 is 9.47 Å². The standard InChI is InChI=1S/C22H27NO3S/c1-25-19-10-6-11-20(26-2)18(19)15-23-13-7-8-16(14-23)22(24)17-9-4-5-12-21(17)27-3/h4-6,9-12,16H,7-8,13-15H2,1-3H3. The molecule has 0 spiro atoms. The van der Waals surface area contributed by atoms with E-state index in [0.717, 1.165) is 60.0 Å². The molecule has 1 aliphatic heterocycles. The highest BCUT2D eigenvalue weighted by Gasteiger charge is 2.28. The van der Waals surface area contributed by atoms with Gasteiger partial charge in [-0.2, -0.15) is 0 Å². The topological polar surface area (TPSA) is 38.8 Å². The molecule has 0 N–H and O–H groups in total. The summed E-state index contributed by atoms with van der Waals surface area (Å²) in [7, 11) is 3.36. The van der Waals surface area contributed by atoms with Crippen molar-refractivity contribution in [3.8, 4) is 11.5 Å². The van der Waals surface area contributed by atoms with Crippen molar-refractivity contribution in [2.75, 3.05) is 33.6 Å². The highest BCUT2D eigenvalue weighted by Crippen LogP contribution is 2.32. The van der Waals surface area contributed by atoms with E-state index in [0.29, 0.717) is 0 Å². The molecule has 1 saturated heterocycles. The summed E-state index contributed by atoms with van der Waals surface area (Å²) in [6.07, 6.45) is 3.99. The van der Waals surface area contributed by atoms with Gasteiger partial charge in [0.1, 0.15) is 11.5 Å². The van der Waals surface area contributed by atoms with Gasteiger partial charge in [0.25, 0.3) is 0 Å². The van der Waals surface area contributed by atoms with E-state index in [-0.39, 0.29) is 11.7 Å². The largest absolute Gasteiger partial charge is 0.496 e. The lowest BCUT2D eigenvalue weighted by Gasteiger charge is -2.32. The van der Waals surface area contributed by atoms with Crippen molar-refractivity contribution in [2.24, 2.45) is 5.92 Å². The maximum atomic E-state index is 13.1. The molecule has 1 aliphatic rings. The third-order valence-electron chi connectivity index (χ3n) is 5.16. The first-order chi connectivity index (χ1) is 13.2. The van der Waals surface area contributed by atoms with E-state index < -0.39 is 0 Å². The van der Waals surface area contributed by atoms with Gasteiger partial charge >= 0.3 is 0 Å². The minimum absolute atomic E-state index is 0.0350. The van der Waals surface area contributed by atoms with Crippen molar-refractivity contribution >= 4 is 17.5 Å². The van der Waals surface area contributed by atoms with Crippen LogP contribution in [-0.2, 0) is 6.54 Å². The van der Waals surface area contributed by atoms with Gasteiger partial charge in [-0.1, -0.05) is 24.3 Å². The van der Waals surface area contributed by atoms with Crippen molar-refractivity contribution in [3.63, 3.8) is 0 Å². The van der Waals surface area contributed by atoms with E-state index in [1.54, 1.807) is 26.0 Å². The number of hydrogen-bond acceptors (Lipinski definition) is 5. The molecule has 0 saturated carbocycles. The van der Waals surface area contributed by atoms with E-state index >= 15 is 0 Å². The molecule has 0 bridgehead atoms. The molecule has 2 aromatic rings. The Morgan fingerprint density at radius 3 is 2.48 bits per heavy atom. The Hall–Kier alpha value is -1.98. The predicted octanol–water partition coefficient (Wildman–Crippen LogP) is 4.52. The third kappa shape index (κ3) is 4.47. The van der Waals surface area contributed by atoms with Crippen molar-refractivity contribution in [3.05, 3.63) is 53.6 Å². The van der Waals surface area contributed by atoms with E-state index in [2.05, 4.69) is 4.90 Å². The summed E-state index contributed by atoms with van der Waals surface area (Å²) >= 11 is 1.63. The fourth-order valence-corrected chi connectivity index (χ4v) is 4.39. The van der Waals surface area contributed by atoms with E-state index in [9.17, 15) is 4.79 Å². The average molecular weight is 386 g/mol. The van der Waals surface area contributed by atoms with E-state index in [4.69, 9.17) is 9.47 Å². The molecule has 3 rings (SSSR count). The Kier molecular flexibility index (Phi) is 6.80. The highest BCUT2D eigenvalue weighted by molar-refractivity contribution is 7.98. The second kappa shape index (κ2) is 9.29. The van der Waals surface area contributed by atoms with Gasteiger partial charge in [-0.05, 0) is 43.8 Å². The van der Waals surface area contributed by atoms with Crippen molar-refractivity contribution < 1.29 is 14.3 Å². The first-order valence-electron chi connectivity index (χ1n) is 9.27. The SMILES string of the molecule is COc1cccc(OC)c1CN1CCCC(C(=O)c2ccccc2SC)C1. The Bertz CT molecular complexity index is 771. The second-order valence-corrected chi connectivity index (χ2v) is 7.63. The zero-order chi connectivity index (χ0) is 19.2. The number of rotatable bonds is 7. The number of thioether (sulfide) groups is 1. The van der Waals surface area contributed by atoms with Crippen molar-refractivity contribution in [2.45, 2.75) is 24.3 Å². The summed E-state index contributed by atoms with van der Waals surface area (Å²) in [5.41, 5.74) is 1.90. The molecule has 144 valence electrons. The second-order valence-electron chi connectivity index (χ2n) is 6.78. The minimum atomic E-state index is 0.0350. The van der Waals surface area contributed by atoms with Gasteiger partial charge < -0.3 is 9.47 Å². The van der Waals surface area contributed by atoms with E-state index in [1.807, 2.05) is 48.7 Å². The molecule has 1 fully saturated rings. The molecule has 1 heterocycles. The summed E-state index contributed by atoms with van der Waals surface area (Å²) < 4.78 is 11.1. The van der Waals surface area contributed by atoms with Gasteiger partial charge in [-0.3, -0.25) is 9.69 Å². The van der Waals surface area contributed by atoms with Gasteiger partial charge in [0.15, 0.2) is 5.78 Å². The smallest absolute Gasteiger partial charge is 0.168 e. The number of likely N-dealkylation sites (tertiary alicyclic amines) is 1. The molecule has 2 aromatic carbocycles. The monoisotopic (exact) mass is 385 g/mol. The first kappa shape index (κ1) is 19.8. The third-order valence-corrected chi connectivity index (χ3v) is 5.96. The Morgan fingerprint density at radius 1 is 1.11 bits per heavy atom. The molecule has 1 unspecified atom stereocenters. The number of hydrogen-bond donors (Lipinski definition) is 0. The molecule has 0 amide bonds. The van der Waals surface area contributed by atoms with Gasteiger partial charge in [-0.15, -0.1) is 11.8 Å². The van der Waals surface area contributed by atoms with Crippen LogP contribution in [0.5, 0.6) is 11.5 Å². The molecular weight excluding hydrogens is 358 g/mol. The van der Waals surface area contributed by atoms with Gasteiger partial charge in [0.2, 0.25) is 0 Å². The Morgan fingerprint density at radius 2 is 1.81 bits per heavy atom. The Labute approximate surface area is 165 Å². The van der Waals surface area contributed by atoms with Gasteiger partial charge in [0, 0.05) is 29.5 Å². The molecular formula is C22H27NO3S. The number of benzene rings is 2. The van der Waals surface area contributed by atoms with Crippen LogP contribution in [0.3, 0.4) is 0 Å². The van der Waals surface area contributed by atoms with Crippen LogP contribution in [0.15, 0.2) is 47.4 Å². The fourth-order valence-electron chi connectivity index (χ4n) is 3.79. The van der Waals surface area contributed by atoms with Gasteiger partial charge in [-0.25, -0.2) is 0 Å². The quantitative estimate of drug-likeness (QED) is 0.517. The molecule has 1 atom stereocenters. The molecule has 27 heavy (non-hydrogen) atoms. The van der Waals surface area contributed by atoms with Crippen LogP contribution in [0.1, 0.15) is 28.8 Å². The molecule has 0 radical (unpaired) electrons. The number of carbonyl (C=O) groups is 1.